The Morgan fingerprint density at radius 1 is 1.40 bits per heavy atom. The van der Waals surface area contributed by atoms with Crippen molar-refractivity contribution in [2.24, 2.45) is 26.4 Å². The van der Waals surface area contributed by atoms with E-state index in [1.807, 2.05) is 11.8 Å². The largest absolute Gasteiger partial charge is 0.441 e. The lowest BCUT2D eigenvalue weighted by Crippen LogP contribution is -2.90. The summed E-state index contributed by atoms with van der Waals surface area (Å²) in [5.74, 6) is 6.52. The second-order valence-corrected chi connectivity index (χ2v) is 7.54. The van der Waals surface area contributed by atoms with E-state index in [1.54, 1.807) is 19.9 Å². The predicted octanol–water partition coefficient (Wildman–Crippen LogP) is 0.223. The lowest BCUT2D eigenvalue weighted by molar-refractivity contribution is -0.488. The SMILES string of the molecule is CC#C/C(N)=N/C1=C(C=N)C(=NCCNCCN(CC)c2cc3nc(C)oc3cc2F)N=C(N)[NH2+]1. The highest BCUT2D eigenvalue weighted by Crippen LogP contribution is 2.26. The monoisotopic (exact) mass is 481 g/mol. The molecule has 2 aromatic rings. The molecule has 0 aliphatic carbocycles. The number of aromatic nitrogens is 1. The average Bonchev–Trinajstić information content (AvgIpc) is 3.17. The first kappa shape index (κ1) is 25.5. The van der Waals surface area contributed by atoms with Crippen LogP contribution in [0.2, 0.25) is 0 Å². The minimum absolute atomic E-state index is 0.114. The molecule has 0 saturated carbocycles. The summed E-state index contributed by atoms with van der Waals surface area (Å²) >= 11 is 0. The highest BCUT2D eigenvalue weighted by Gasteiger charge is 2.22. The van der Waals surface area contributed by atoms with Gasteiger partial charge in [-0.15, -0.1) is 0 Å². The maximum atomic E-state index is 14.6. The maximum Gasteiger partial charge on any atom is 0.304 e. The molecular formula is C23H30FN10O+. The number of anilines is 1. The van der Waals surface area contributed by atoms with Gasteiger partial charge >= 0.3 is 5.96 Å². The first-order chi connectivity index (χ1) is 16.9. The van der Waals surface area contributed by atoms with Crippen molar-refractivity contribution in [3.05, 3.63) is 35.2 Å². The topological polar surface area (TPSA) is 171 Å². The Morgan fingerprint density at radius 2 is 2.20 bits per heavy atom. The van der Waals surface area contributed by atoms with Crippen LogP contribution in [0, 0.1) is 30.0 Å². The van der Waals surface area contributed by atoms with Crippen LogP contribution in [0.3, 0.4) is 0 Å². The fourth-order valence-electron chi connectivity index (χ4n) is 3.51. The summed E-state index contributed by atoms with van der Waals surface area (Å²) in [4.78, 5) is 19.1. The molecule has 0 bridgehead atoms. The molecule has 1 aliphatic rings. The van der Waals surface area contributed by atoms with E-state index in [9.17, 15) is 4.39 Å². The fourth-order valence-corrected chi connectivity index (χ4v) is 3.51. The number of hydrogen-bond acceptors (Lipinski definition) is 8. The normalized spacial score (nSPS) is 15.3. The van der Waals surface area contributed by atoms with Crippen LogP contribution in [0.1, 0.15) is 19.7 Å². The van der Waals surface area contributed by atoms with Crippen LogP contribution in [0.4, 0.5) is 10.1 Å². The van der Waals surface area contributed by atoms with Gasteiger partial charge in [0.05, 0.1) is 12.2 Å². The van der Waals surface area contributed by atoms with Crippen molar-refractivity contribution in [1.29, 1.82) is 5.41 Å². The van der Waals surface area contributed by atoms with E-state index < -0.39 is 0 Å². The minimum Gasteiger partial charge on any atom is -0.441 e. The zero-order valence-corrected chi connectivity index (χ0v) is 20.0. The van der Waals surface area contributed by atoms with E-state index in [4.69, 9.17) is 21.3 Å². The van der Waals surface area contributed by atoms with Crippen molar-refractivity contribution in [3.8, 4) is 11.8 Å². The molecule has 0 unspecified atom stereocenters. The number of guanidine groups is 1. The number of likely N-dealkylation sites (N-methyl/N-ethyl adjacent to an activating group) is 1. The van der Waals surface area contributed by atoms with E-state index >= 15 is 0 Å². The van der Waals surface area contributed by atoms with Crippen LogP contribution in [-0.4, -0.2) is 61.6 Å². The van der Waals surface area contributed by atoms with Gasteiger partial charge in [0, 0.05) is 45.4 Å². The van der Waals surface area contributed by atoms with Gasteiger partial charge < -0.3 is 31.5 Å². The standard InChI is InChI=1S/C23H29FN10O/c1-4-6-20(26)31-22-15(13-25)21(32-23(27)33-22)29-8-7-28-9-10-34(5-2)18-12-17-19(11-16(18)24)35-14(3)30-17/h11-13,25,28H,5,7-10H2,1-3H3,(H5,26,27,29,31,32,33)/p+1. The Hall–Kier alpha value is -4.08. The van der Waals surface area contributed by atoms with Gasteiger partial charge in [-0.3, -0.25) is 4.99 Å². The number of nitrogens with zero attached hydrogens (tertiary/aromatic N) is 5. The van der Waals surface area contributed by atoms with Crippen molar-refractivity contribution >= 4 is 40.6 Å². The van der Waals surface area contributed by atoms with Crippen LogP contribution in [0.15, 0.2) is 42.9 Å². The number of nitrogens with two attached hydrogens (primary N) is 3. The molecule has 0 radical (unpaired) electrons. The fraction of sp³-hybridized carbons (Fsp3) is 0.348. The number of oxazole rings is 1. The predicted molar refractivity (Wildman–Crippen MR) is 136 cm³/mol. The smallest absolute Gasteiger partial charge is 0.304 e. The Balaban J connectivity index is 1.59. The van der Waals surface area contributed by atoms with Crippen molar-refractivity contribution in [3.63, 3.8) is 0 Å². The number of benzene rings is 1. The van der Waals surface area contributed by atoms with E-state index in [0.717, 1.165) is 6.21 Å². The van der Waals surface area contributed by atoms with E-state index in [2.05, 4.69) is 37.1 Å². The molecule has 184 valence electrons. The van der Waals surface area contributed by atoms with Gasteiger partial charge in [-0.1, -0.05) is 5.92 Å². The molecule has 3 rings (SSSR count). The summed E-state index contributed by atoms with van der Waals surface area (Å²) in [6.45, 7) is 8.15. The maximum absolute atomic E-state index is 14.6. The van der Waals surface area contributed by atoms with Crippen LogP contribution in [0.5, 0.6) is 0 Å². The lowest BCUT2D eigenvalue weighted by atomic mass is 10.2. The molecule has 11 nitrogen and oxygen atoms in total. The second kappa shape index (κ2) is 11.9. The van der Waals surface area contributed by atoms with Crippen LogP contribution in [-0.2, 0) is 0 Å². The molecule has 12 heteroatoms. The zero-order chi connectivity index (χ0) is 25.4. The van der Waals surface area contributed by atoms with Gasteiger partial charge in [-0.2, -0.15) is 9.98 Å². The van der Waals surface area contributed by atoms with Crippen molar-refractivity contribution in [2.75, 3.05) is 37.6 Å². The number of rotatable bonds is 10. The molecule has 0 saturated heterocycles. The number of aryl methyl sites for hydroxylation is 1. The first-order valence-electron chi connectivity index (χ1n) is 11.1. The molecule has 35 heavy (non-hydrogen) atoms. The third-order valence-electron chi connectivity index (χ3n) is 5.07. The Morgan fingerprint density at radius 3 is 2.91 bits per heavy atom. The number of aliphatic imine (C=N–C) groups is 3. The molecular weight excluding hydrogens is 451 g/mol. The lowest BCUT2D eigenvalue weighted by Gasteiger charge is -2.23. The zero-order valence-electron chi connectivity index (χ0n) is 20.0. The second-order valence-electron chi connectivity index (χ2n) is 7.54. The van der Waals surface area contributed by atoms with E-state index in [-0.39, 0.29) is 17.6 Å². The quantitative estimate of drug-likeness (QED) is 0.141. The highest BCUT2D eigenvalue weighted by molar-refractivity contribution is 6.18. The number of hydrogen-bond donors (Lipinski definition) is 5. The third-order valence-corrected chi connectivity index (χ3v) is 5.07. The molecule has 0 spiro atoms. The van der Waals surface area contributed by atoms with Crippen molar-refractivity contribution in [2.45, 2.75) is 20.8 Å². The van der Waals surface area contributed by atoms with Gasteiger partial charge in [0.2, 0.25) is 5.82 Å². The van der Waals surface area contributed by atoms with Gasteiger partial charge in [0.15, 0.2) is 23.1 Å². The number of nitrogens with one attached hydrogen (secondary N) is 2. The number of halogens is 1. The summed E-state index contributed by atoms with van der Waals surface area (Å²) in [5.41, 5.74) is 13.6. The molecule has 1 aromatic carbocycles. The van der Waals surface area contributed by atoms with Crippen LogP contribution in [0.25, 0.3) is 11.1 Å². The number of fused-ring (bicyclic) bond motifs is 1. The van der Waals surface area contributed by atoms with E-state index in [1.165, 1.54) is 11.4 Å². The van der Waals surface area contributed by atoms with Crippen molar-refractivity contribution < 1.29 is 14.1 Å². The number of quaternary nitrogens is 1. The minimum atomic E-state index is -0.346. The summed E-state index contributed by atoms with van der Waals surface area (Å²) in [5, 5.41) is 12.6. The first-order valence-corrected chi connectivity index (χ1v) is 11.1. The molecule has 2 heterocycles. The molecule has 0 atom stereocenters. The molecule has 8 N–H and O–H groups in total. The molecule has 0 fully saturated rings. The highest BCUT2D eigenvalue weighted by atomic mass is 19.1. The Bertz CT molecular complexity index is 1280. The van der Waals surface area contributed by atoms with E-state index in [0.29, 0.717) is 72.6 Å². The van der Waals surface area contributed by atoms with Gasteiger partial charge in [0.25, 0.3) is 0 Å². The molecule has 0 amide bonds. The molecule has 1 aliphatic heterocycles. The number of amidine groups is 2. The Labute approximate surface area is 202 Å². The summed E-state index contributed by atoms with van der Waals surface area (Å²) < 4.78 is 20.0. The third kappa shape index (κ3) is 6.50. The summed E-state index contributed by atoms with van der Waals surface area (Å²) in [6, 6.07) is 3.09. The van der Waals surface area contributed by atoms with Gasteiger partial charge in [-0.25, -0.2) is 14.7 Å². The summed E-state index contributed by atoms with van der Waals surface area (Å²) in [7, 11) is 0. The Kier molecular flexibility index (Phi) is 8.66. The molecule has 1 aromatic heterocycles. The van der Waals surface area contributed by atoms with Crippen LogP contribution >= 0.6 is 0 Å². The van der Waals surface area contributed by atoms with Gasteiger partial charge in [-0.05, 0) is 25.8 Å². The average molecular weight is 482 g/mol. The van der Waals surface area contributed by atoms with Gasteiger partial charge in [0.1, 0.15) is 16.9 Å². The van der Waals surface area contributed by atoms with Crippen LogP contribution < -0.4 is 27.0 Å². The summed E-state index contributed by atoms with van der Waals surface area (Å²) in [6.07, 6.45) is 1.12. The van der Waals surface area contributed by atoms with Crippen molar-refractivity contribution in [1.82, 2.24) is 10.3 Å².